The minimum Gasteiger partial charge on any atom is -0.282 e. The van der Waals surface area contributed by atoms with E-state index in [1.165, 1.54) is 24.3 Å². The molecular weight excluding hydrogens is 352 g/mol. The van der Waals surface area contributed by atoms with Gasteiger partial charge in [0.05, 0.1) is 0 Å². The summed E-state index contributed by atoms with van der Waals surface area (Å²) in [4.78, 5) is -0.726. The van der Waals surface area contributed by atoms with E-state index >= 15 is 0 Å². The Hall–Kier alpha value is -1.48. The Balaban J connectivity index is 2.66. The molecule has 0 heterocycles. The first kappa shape index (κ1) is 18.9. The van der Waals surface area contributed by atoms with Crippen LogP contribution in [0, 0.1) is 0 Å². The molecule has 2 N–H and O–H groups in total. The molecule has 6 nitrogen and oxygen atoms in total. The second kappa shape index (κ2) is 7.18. The van der Waals surface area contributed by atoms with Gasteiger partial charge in [-0.2, -0.15) is 16.8 Å². The highest BCUT2D eigenvalue weighted by atomic mass is 32.2. The van der Waals surface area contributed by atoms with Crippen molar-refractivity contribution in [3.8, 4) is 0 Å². The van der Waals surface area contributed by atoms with E-state index in [1.807, 2.05) is 0 Å². The first-order valence-electron chi connectivity index (χ1n) is 7.65. The lowest BCUT2D eigenvalue weighted by atomic mass is 10.0. The van der Waals surface area contributed by atoms with Crippen molar-refractivity contribution >= 4 is 31.0 Å². The molecule has 0 aromatic heterocycles. The Morgan fingerprint density at radius 2 is 1.50 bits per heavy atom. The minimum atomic E-state index is -4.53. The van der Waals surface area contributed by atoms with Crippen molar-refractivity contribution < 1.29 is 25.9 Å². The standard InChI is InChI=1S/C16H20O6S2/c1-2-3-4-5-7-12-10-14-13(16(11-12)24(20,21)22)8-6-9-15(14)23(17,18)19/h6,8-11H,2-5,7H2,1H3,(H,17,18,19)(H,20,21,22). The quantitative estimate of drug-likeness (QED) is 0.569. The maximum absolute atomic E-state index is 11.7. The summed E-state index contributed by atoms with van der Waals surface area (Å²) >= 11 is 0. The smallest absolute Gasteiger partial charge is 0.282 e. The van der Waals surface area contributed by atoms with E-state index in [4.69, 9.17) is 0 Å². The molecule has 132 valence electrons. The molecule has 0 aliphatic heterocycles. The van der Waals surface area contributed by atoms with Gasteiger partial charge in [-0.1, -0.05) is 38.3 Å². The van der Waals surface area contributed by atoms with E-state index in [-0.39, 0.29) is 20.6 Å². The summed E-state index contributed by atoms with van der Waals surface area (Å²) in [5.41, 5.74) is 0.599. The summed E-state index contributed by atoms with van der Waals surface area (Å²) in [5.74, 6) is 0. The van der Waals surface area contributed by atoms with Gasteiger partial charge in [0, 0.05) is 10.8 Å². The Morgan fingerprint density at radius 1 is 0.833 bits per heavy atom. The van der Waals surface area contributed by atoms with Crippen LogP contribution < -0.4 is 0 Å². The Labute approximate surface area is 142 Å². The highest BCUT2D eigenvalue weighted by Crippen LogP contribution is 2.30. The van der Waals surface area contributed by atoms with Gasteiger partial charge >= 0.3 is 0 Å². The van der Waals surface area contributed by atoms with Crippen LogP contribution in [0.15, 0.2) is 40.1 Å². The minimum absolute atomic E-state index is 0.0601. The monoisotopic (exact) mass is 372 g/mol. The Morgan fingerprint density at radius 3 is 2.08 bits per heavy atom. The second-order valence-corrected chi connectivity index (χ2v) is 8.49. The zero-order valence-corrected chi connectivity index (χ0v) is 14.9. The van der Waals surface area contributed by atoms with Gasteiger partial charge in [0.1, 0.15) is 9.79 Å². The van der Waals surface area contributed by atoms with E-state index in [2.05, 4.69) is 6.92 Å². The van der Waals surface area contributed by atoms with Gasteiger partial charge in [-0.05, 0) is 36.6 Å². The molecule has 0 fully saturated rings. The molecule has 2 aromatic carbocycles. The number of aryl methyl sites for hydroxylation is 1. The second-order valence-electron chi connectivity index (χ2n) is 5.71. The van der Waals surface area contributed by atoms with E-state index in [1.54, 1.807) is 6.07 Å². The molecule has 0 bridgehead atoms. The van der Waals surface area contributed by atoms with Crippen molar-refractivity contribution in [2.45, 2.75) is 48.8 Å². The third kappa shape index (κ3) is 4.32. The van der Waals surface area contributed by atoms with E-state index in [9.17, 15) is 25.9 Å². The molecule has 0 aliphatic rings. The molecule has 2 rings (SSSR count). The molecule has 0 saturated heterocycles. The van der Waals surface area contributed by atoms with E-state index in [0.717, 1.165) is 25.7 Å². The molecule has 0 unspecified atom stereocenters. The molecule has 0 atom stereocenters. The maximum Gasteiger partial charge on any atom is 0.295 e. The number of benzene rings is 2. The maximum atomic E-state index is 11.7. The molecule has 0 saturated carbocycles. The van der Waals surface area contributed by atoms with Gasteiger partial charge in [0.25, 0.3) is 20.2 Å². The molecule has 0 aliphatic carbocycles. The van der Waals surface area contributed by atoms with Gasteiger partial charge in [-0.3, -0.25) is 9.11 Å². The first-order chi connectivity index (χ1) is 11.1. The Kier molecular flexibility index (Phi) is 5.64. The predicted octanol–water partition coefficient (Wildman–Crippen LogP) is 3.46. The summed E-state index contributed by atoms with van der Waals surface area (Å²) in [6.07, 6.45) is 4.45. The van der Waals surface area contributed by atoms with Crippen LogP contribution in [0.1, 0.15) is 38.2 Å². The fourth-order valence-electron chi connectivity index (χ4n) is 2.72. The third-order valence-corrected chi connectivity index (χ3v) is 5.66. The topological polar surface area (TPSA) is 109 Å². The zero-order valence-electron chi connectivity index (χ0n) is 13.3. The van der Waals surface area contributed by atoms with Crippen LogP contribution in [0.2, 0.25) is 0 Å². The van der Waals surface area contributed by atoms with Crippen molar-refractivity contribution in [1.29, 1.82) is 0 Å². The van der Waals surface area contributed by atoms with Gasteiger partial charge in [0.2, 0.25) is 0 Å². The zero-order chi connectivity index (χ0) is 18.0. The fraction of sp³-hybridized carbons (Fsp3) is 0.375. The first-order valence-corrected chi connectivity index (χ1v) is 10.5. The van der Waals surface area contributed by atoms with Crippen molar-refractivity contribution in [2.24, 2.45) is 0 Å². The summed E-state index contributed by atoms with van der Waals surface area (Å²) in [7, 11) is -9.04. The van der Waals surface area contributed by atoms with Crippen LogP contribution in [0.25, 0.3) is 10.8 Å². The summed E-state index contributed by atoms with van der Waals surface area (Å²) in [5, 5.41) is 0.144. The van der Waals surface area contributed by atoms with Gasteiger partial charge in [0.15, 0.2) is 0 Å². The van der Waals surface area contributed by atoms with Crippen molar-refractivity contribution in [1.82, 2.24) is 0 Å². The molecule has 0 amide bonds. The van der Waals surface area contributed by atoms with E-state index in [0.29, 0.717) is 12.0 Å². The van der Waals surface area contributed by atoms with Crippen LogP contribution in [0.4, 0.5) is 0 Å². The highest BCUT2D eigenvalue weighted by Gasteiger charge is 2.20. The van der Waals surface area contributed by atoms with E-state index < -0.39 is 20.2 Å². The molecule has 24 heavy (non-hydrogen) atoms. The fourth-order valence-corrected chi connectivity index (χ4v) is 4.17. The van der Waals surface area contributed by atoms with Crippen LogP contribution in [0.5, 0.6) is 0 Å². The highest BCUT2D eigenvalue weighted by molar-refractivity contribution is 7.86. The molecule has 8 heteroatoms. The number of hydrogen-bond acceptors (Lipinski definition) is 4. The van der Waals surface area contributed by atoms with Crippen molar-refractivity contribution in [2.75, 3.05) is 0 Å². The Bertz CT molecular complexity index is 946. The largest absolute Gasteiger partial charge is 0.295 e. The molecule has 0 radical (unpaired) electrons. The summed E-state index contributed by atoms with van der Waals surface area (Å²) in [6.45, 7) is 2.07. The molecule has 2 aromatic rings. The molecular formula is C16H20O6S2. The van der Waals surface area contributed by atoms with Crippen molar-refractivity contribution in [3.05, 3.63) is 35.9 Å². The third-order valence-electron chi connectivity index (χ3n) is 3.85. The number of hydrogen-bond donors (Lipinski definition) is 2. The van der Waals surface area contributed by atoms with Crippen LogP contribution in [0.3, 0.4) is 0 Å². The lowest BCUT2D eigenvalue weighted by Gasteiger charge is -2.11. The SMILES string of the molecule is CCCCCCc1cc(S(=O)(=O)O)c2cccc(S(=O)(=O)O)c2c1. The number of unbranched alkanes of at least 4 members (excludes halogenated alkanes) is 3. The van der Waals surface area contributed by atoms with Gasteiger partial charge < -0.3 is 0 Å². The lowest BCUT2D eigenvalue weighted by Crippen LogP contribution is -2.04. The van der Waals surface area contributed by atoms with Crippen LogP contribution in [-0.4, -0.2) is 25.9 Å². The van der Waals surface area contributed by atoms with Crippen LogP contribution in [-0.2, 0) is 26.7 Å². The normalized spacial score (nSPS) is 12.6. The summed E-state index contributed by atoms with van der Waals surface area (Å²) < 4.78 is 65.3. The van der Waals surface area contributed by atoms with Gasteiger partial charge in [-0.25, -0.2) is 0 Å². The average Bonchev–Trinajstić information content (AvgIpc) is 2.48. The van der Waals surface area contributed by atoms with Crippen LogP contribution >= 0.6 is 0 Å². The molecule has 0 spiro atoms. The average molecular weight is 372 g/mol. The van der Waals surface area contributed by atoms with Gasteiger partial charge in [-0.15, -0.1) is 0 Å². The predicted molar refractivity (Wildman–Crippen MR) is 91.4 cm³/mol. The number of rotatable bonds is 7. The number of fused-ring (bicyclic) bond motifs is 1. The summed E-state index contributed by atoms with van der Waals surface area (Å²) in [6, 6.07) is 6.83. The van der Waals surface area contributed by atoms with Crippen molar-refractivity contribution in [3.63, 3.8) is 0 Å². The lowest BCUT2D eigenvalue weighted by molar-refractivity contribution is 0.481.